The third-order valence-corrected chi connectivity index (χ3v) is 3.63. The molecule has 128 valence electrons. The van der Waals surface area contributed by atoms with Crippen molar-refractivity contribution in [2.24, 2.45) is 0 Å². The Balaban J connectivity index is 1.96. The van der Waals surface area contributed by atoms with Gasteiger partial charge in [0.25, 0.3) is 0 Å². The van der Waals surface area contributed by atoms with Crippen molar-refractivity contribution in [2.75, 3.05) is 0 Å². The van der Waals surface area contributed by atoms with E-state index in [-0.39, 0.29) is 30.4 Å². The Morgan fingerprint density at radius 1 is 1.12 bits per heavy atom. The standard InChI is InChI=1S/C18H17F4NO/c1-12(14-5-3-2-4-6-14)7-17(24)23-11-13-8-15(18(20,21)22)10-16(19)9-13/h2-6,8-10,12H,7,11H2,1H3,(H,23,24)/t12-/m0/s1. The van der Waals surface area contributed by atoms with E-state index in [4.69, 9.17) is 0 Å². The molecule has 0 heterocycles. The average molecular weight is 339 g/mol. The van der Waals surface area contributed by atoms with E-state index in [1.165, 1.54) is 0 Å². The lowest BCUT2D eigenvalue weighted by Gasteiger charge is -2.13. The van der Waals surface area contributed by atoms with Crippen LogP contribution in [0.4, 0.5) is 17.6 Å². The first-order valence-corrected chi connectivity index (χ1v) is 7.44. The van der Waals surface area contributed by atoms with Crippen LogP contribution in [0.1, 0.15) is 36.0 Å². The molecule has 0 aliphatic carbocycles. The number of carbonyl (C=O) groups is 1. The van der Waals surface area contributed by atoms with Gasteiger partial charge in [-0.05, 0) is 35.2 Å². The first-order valence-electron chi connectivity index (χ1n) is 7.44. The SMILES string of the molecule is C[C@@H](CC(=O)NCc1cc(F)cc(C(F)(F)F)c1)c1ccccc1. The summed E-state index contributed by atoms with van der Waals surface area (Å²) in [6.07, 6.45) is -4.42. The zero-order chi connectivity index (χ0) is 17.7. The number of halogens is 4. The molecular weight excluding hydrogens is 322 g/mol. The first kappa shape index (κ1) is 18.0. The smallest absolute Gasteiger partial charge is 0.352 e. The zero-order valence-electron chi connectivity index (χ0n) is 13.0. The van der Waals surface area contributed by atoms with Crippen molar-refractivity contribution in [3.63, 3.8) is 0 Å². The molecule has 2 rings (SSSR count). The molecule has 0 aromatic heterocycles. The monoisotopic (exact) mass is 339 g/mol. The highest BCUT2D eigenvalue weighted by atomic mass is 19.4. The Hall–Kier alpha value is -2.37. The summed E-state index contributed by atoms with van der Waals surface area (Å²) >= 11 is 0. The van der Waals surface area contributed by atoms with Gasteiger partial charge in [0, 0.05) is 13.0 Å². The maximum absolute atomic E-state index is 13.3. The fourth-order valence-electron chi connectivity index (χ4n) is 2.37. The lowest BCUT2D eigenvalue weighted by atomic mass is 9.97. The lowest BCUT2D eigenvalue weighted by Crippen LogP contribution is -2.24. The van der Waals surface area contributed by atoms with E-state index in [0.29, 0.717) is 6.07 Å². The van der Waals surface area contributed by atoms with Crippen molar-refractivity contribution in [1.82, 2.24) is 5.32 Å². The van der Waals surface area contributed by atoms with Crippen LogP contribution >= 0.6 is 0 Å². The number of alkyl halides is 3. The number of nitrogens with one attached hydrogen (secondary N) is 1. The molecule has 0 saturated carbocycles. The number of benzene rings is 2. The van der Waals surface area contributed by atoms with Crippen LogP contribution in [0.5, 0.6) is 0 Å². The van der Waals surface area contributed by atoms with Crippen LogP contribution in [0.25, 0.3) is 0 Å². The Morgan fingerprint density at radius 3 is 2.42 bits per heavy atom. The molecule has 0 spiro atoms. The third kappa shape index (κ3) is 5.08. The maximum atomic E-state index is 13.3. The molecular formula is C18H17F4NO. The van der Waals surface area contributed by atoms with E-state index < -0.39 is 17.6 Å². The molecule has 0 radical (unpaired) electrons. The van der Waals surface area contributed by atoms with E-state index in [2.05, 4.69) is 5.32 Å². The van der Waals surface area contributed by atoms with Crippen LogP contribution in [0.2, 0.25) is 0 Å². The number of hydrogen-bond donors (Lipinski definition) is 1. The zero-order valence-corrected chi connectivity index (χ0v) is 13.0. The van der Waals surface area contributed by atoms with Gasteiger partial charge in [-0.25, -0.2) is 4.39 Å². The van der Waals surface area contributed by atoms with Crippen LogP contribution in [-0.2, 0) is 17.5 Å². The highest BCUT2D eigenvalue weighted by molar-refractivity contribution is 5.76. The topological polar surface area (TPSA) is 29.1 Å². The number of amides is 1. The summed E-state index contributed by atoms with van der Waals surface area (Å²) in [5.74, 6) is -1.31. The molecule has 2 aromatic rings. The van der Waals surface area contributed by atoms with Gasteiger partial charge in [-0.15, -0.1) is 0 Å². The molecule has 24 heavy (non-hydrogen) atoms. The fourth-order valence-corrected chi connectivity index (χ4v) is 2.37. The summed E-state index contributed by atoms with van der Waals surface area (Å²) in [4.78, 5) is 11.9. The highest BCUT2D eigenvalue weighted by Crippen LogP contribution is 2.30. The number of hydrogen-bond acceptors (Lipinski definition) is 1. The summed E-state index contributed by atoms with van der Waals surface area (Å²) in [5, 5.41) is 2.53. The second-order valence-corrected chi connectivity index (χ2v) is 5.64. The Kier molecular flexibility index (Phi) is 5.59. The van der Waals surface area contributed by atoms with Crippen LogP contribution in [0, 0.1) is 5.82 Å². The predicted molar refractivity (Wildman–Crippen MR) is 82.7 cm³/mol. The van der Waals surface area contributed by atoms with Crippen molar-refractivity contribution in [3.8, 4) is 0 Å². The van der Waals surface area contributed by atoms with Crippen molar-refractivity contribution in [1.29, 1.82) is 0 Å². The largest absolute Gasteiger partial charge is 0.416 e. The van der Waals surface area contributed by atoms with Gasteiger partial charge >= 0.3 is 6.18 Å². The minimum Gasteiger partial charge on any atom is -0.352 e. The third-order valence-electron chi connectivity index (χ3n) is 3.63. The molecule has 0 saturated heterocycles. The van der Waals surface area contributed by atoms with Crippen molar-refractivity contribution >= 4 is 5.91 Å². The second kappa shape index (κ2) is 7.47. The van der Waals surface area contributed by atoms with E-state index in [0.717, 1.165) is 17.7 Å². The van der Waals surface area contributed by atoms with Crippen molar-refractivity contribution in [3.05, 3.63) is 71.0 Å². The highest BCUT2D eigenvalue weighted by Gasteiger charge is 2.31. The predicted octanol–water partition coefficient (Wildman–Crippen LogP) is 4.65. The van der Waals surface area contributed by atoms with Crippen LogP contribution in [-0.4, -0.2) is 5.91 Å². The van der Waals surface area contributed by atoms with Crippen LogP contribution in [0.15, 0.2) is 48.5 Å². The summed E-state index contributed by atoms with van der Waals surface area (Å²) < 4.78 is 51.3. The number of rotatable bonds is 5. The molecule has 2 aromatic carbocycles. The average Bonchev–Trinajstić information content (AvgIpc) is 2.52. The summed E-state index contributed by atoms with van der Waals surface area (Å²) in [6, 6.07) is 11.7. The van der Waals surface area contributed by atoms with Crippen molar-refractivity contribution < 1.29 is 22.4 Å². The Bertz CT molecular complexity index is 698. The molecule has 6 heteroatoms. The summed E-state index contributed by atoms with van der Waals surface area (Å²) in [7, 11) is 0. The van der Waals surface area contributed by atoms with Gasteiger partial charge in [0.15, 0.2) is 0 Å². The molecule has 0 fully saturated rings. The number of carbonyl (C=O) groups excluding carboxylic acids is 1. The van der Waals surface area contributed by atoms with Crippen LogP contribution < -0.4 is 5.32 Å². The quantitative estimate of drug-likeness (QED) is 0.789. The second-order valence-electron chi connectivity index (χ2n) is 5.64. The molecule has 1 amide bonds. The molecule has 2 nitrogen and oxygen atoms in total. The molecule has 0 aliphatic heterocycles. The minimum atomic E-state index is -4.62. The Morgan fingerprint density at radius 2 is 1.79 bits per heavy atom. The van der Waals surface area contributed by atoms with Gasteiger partial charge in [-0.3, -0.25) is 4.79 Å². The van der Waals surface area contributed by atoms with Crippen LogP contribution in [0.3, 0.4) is 0 Å². The van der Waals surface area contributed by atoms with E-state index in [1.54, 1.807) is 0 Å². The minimum absolute atomic E-state index is 0.0237. The maximum Gasteiger partial charge on any atom is 0.416 e. The summed E-state index contributed by atoms with van der Waals surface area (Å²) in [6.45, 7) is 1.74. The van der Waals surface area contributed by atoms with Gasteiger partial charge in [0.1, 0.15) is 5.82 Å². The van der Waals surface area contributed by atoms with E-state index in [1.807, 2.05) is 37.3 Å². The van der Waals surface area contributed by atoms with E-state index in [9.17, 15) is 22.4 Å². The van der Waals surface area contributed by atoms with Gasteiger partial charge in [0.05, 0.1) is 5.56 Å². The molecule has 0 bridgehead atoms. The first-order chi connectivity index (χ1) is 11.3. The van der Waals surface area contributed by atoms with Gasteiger partial charge in [0.2, 0.25) is 5.91 Å². The van der Waals surface area contributed by atoms with E-state index >= 15 is 0 Å². The molecule has 1 atom stereocenters. The van der Waals surface area contributed by atoms with Crippen molar-refractivity contribution in [2.45, 2.75) is 32.0 Å². The molecule has 0 aliphatic rings. The molecule has 0 unspecified atom stereocenters. The van der Waals surface area contributed by atoms with Gasteiger partial charge in [-0.1, -0.05) is 37.3 Å². The Labute approximate surface area is 137 Å². The molecule has 1 N–H and O–H groups in total. The summed E-state index contributed by atoms with van der Waals surface area (Å²) in [5.41, 5.74) is 0.00482. The van der Waals surface area contributed by atoms with Gasteiger partial charge in [-0.2, -0.15) is 13.2 Å². The van der Waals surface area contributed by atoms with Gasteiger partial charge < -0.3 is 5.32 Å². The fraction of sp³-hybridized carbons (Fsp3) is 0.278. The normalized spacial score (nSPS) is 12.7. The lowest BCUT2D eigenvalue weighted by molar-refractivity contribution is -0.137.